The van der Waals surface area contributed by atoms with Gasteiger partial charge in [-0.1, -0.05) is 32.0 Å². The van der Waals surface area contributed by atoms with Gasteiger partial charge in [0.2, 0.25) is 0 Å². The molecule has 3 heteroatoms. The summed E-state index contributed by atoms with van der Waals surface area (Å²) in [6.45, 7) is 6.32. The van der Waals surface area contributed by atoms with E-state index in [1.807, 2.05) is 32.0 Å². The molecule has 0 aromatic heterocycles. The maximum Gasteiger partial charge on any atom is 0.252 e. The molecule has 0 bridgehead atoms. The summed E-state index contributed by atoms with van der Waals surface area (Å²) >= 11 is 0. The van der Waals surface area contributed by atoms with Crippen molar-refractivity contribution in [2.75, 3.05) is 18.1 Å². The van der Waals surface area contributed by atoms with Crippen LogP contribution in [0.1, 0.15) is 31.4 Å². The number of para-hydroxylation sites is 1. The molecule has 1 aromatic carbocycles. The van der Waals surface area contributed by atoms with E-state index in [4.69, 9.17) is 5.11 Å². The second kappa shape index (κ2) is 6.40. The molecule has 0 heterocycles. The van der Waals surface area contributed by atoms with E-state index in [-0.39, 0.29) is 5.91 Å². The van der Waals surface area contributed by atoms with Gasteiger partial charge in [-0.05, 0) is 30.9 Å². The molecule has 0 fully saturated rings. The molecule has 0 aliphatic carbocycles. The fraction of sp³-hybridized carbons (Fsp3) is 0.500. The van der Waals surface area contributed by atoms with Gasteiger partial charge in [-0.3, -0.25) is 4.79 Å². The lowest BCUT2D eigenvalue weighted by molar-refractivity contribution is -0.121. The van der Waals surface area contributed by atoms with E-state index in [0.29, 0.717) is 6.54 Å². The molecule has 0 aliphatic rings. The van der Waals surface area contributed by atoms with E-state index < -0.39 is 6.61 Å². The Morgan fingerprint density at radius 3 is 2.59 bits per heavy atom. The fourth-order valence-corrected chi connectivity index (χ4v) is 2.06. The number of aryl methyl sites for hydroxylation is 2. The topological polar surface area (TPSA) is 40.5 Å². The first-order valence-corrected chi connectivity index (χ1v) is 6.15. The summed E-state index contributed by atoms with van der Waals surface area (Å²) in [7, 11) is 0. The van der Waals surface area contributed by atoms with E-state index in [2.05, 4.69) is 6.92 Å². The second-order valence-electron chi connectivity index (χ2n) is 4.14. The zero-order valence-electron chi connectivity index (χ0n) is 10.9. The van der Waals surface area contributed by atoms with Crippen LogP contribution in [0.5, 0.6) is 0 Å². The molecule has 3 nitrogen and oxygen atoms in total. The summed E-state index contributed by atoms with van der Waals surface area (Å²) in [5.41, 5.74) is 3.20. The molecule has 94 valence electrons. The van der Waals surface area contributed by atoms with Crippen LogP contribution in [0.25, 0.3) is 0 Å². The van der Waals surface area contributed by atoms with Gasteiger partial charge in [0.05, 0.1) is 0 Å². The molecular weight excluding hydrogens is 214 g/mol. The van der Waals surface area contributed by atoms with Gasteiger partial charge in [0, 0.05) is 12.2 Å². The van der Waals surface area contributed by atoms with Crippen LogP contribution in [-0.4, -0.2) is 24.2 Å². The number of aliphatic hydroxyl groups excluding tert-OH is 1. The van der Waals surface area contributed by atoms with Crippen LogP contribution in [0.15, 0.2) is 18.2 Å². The Morgan fingerprint density at radius 1 is 1.35 bits per heavy atom. The maximum absolute atomic E-state index is 11.8. The van der Waals surface area contributed by atoms with E-state index in [1.165, 1.54) is 0 Å². The van der Waals surface area contributed by atoms with Crippen molar-refractivity contribution >= 4 is 11.6 Å². The molecule has 0 saturated heterocycles. The summed E-state index contributed by atoms with van der Waals surface area (Å²) < 4.78 is 0. The minimum atomic E-state index is -0.433. The van der Waals surface area contributed by atoms with Crippen molar-refractivity contribution in [3.63, 3.8) is 0 Å². The van der Waals surface area contributed by atoms with E-state index in [9.17, 15) is 4.79 Å². The normalized spacial score (nSPS) is 10.4. The van der Waals surface area contributed by atoms with Crippen molar-refractivity contribution in [1.82, 2.24) is 0 Å². The second-order valence-corrected chi connectivity index (χ2v) is 4.14. The van der Waals surface area contributed by atoms with E-state index in [1.54, 1.807) is 4.90 Å². The number of nitrogens with zero attached hydrogens (tertiary/aromatic N) is 1. The van der Waals surface area contributed by atoms with Gasteiger partial charge in [0.15, 0.2) is 0 Å². The van der Waals surface area contributed by atoms with Crippen molar-refractivity contribution in [2.45, 2.75) is 33.6 Å². The predicted molar refractivity (Wildman–Crippen MR) is 70.3 cm³/mol. The lowest BCUT2D eigenvalue weighted by atomic mass is 10.0. The number of carbonyl (C=O) groups excluding carboxylic acids is 1. The van der Waals surface area contributed by atoms with Gasteiger partial charge < -0.3 is 10.0 Å². The van der Waals surface area contributed by atoms with Gasteiger partial charge in [0.25, 0.3) is 5.91 Å². The van der Waals surface area contributed by atoms with Crippen LogP contribution in [0.2, 0.25) is 0 Å². The molecule has 1 rings (SSSR count). The highest BCUT2D eigenvalue weighted by atomic mass is 16.3. The highest BCUT2D eigenvalue weighted by Crippen LogP contribution is 2.26. The number of hydrogen-bond acceptors (Lipinski definition) is 2. The Bertz CT molecular complexity index is 388. The van der Waals surface area contributed by atoms with Crippen LogP contribution in [-0.2, 0) is 11.2 Å². The zero-order chi connectivity index (χ0) is 12.8. The largest absolute Gasteiger partial charge is 0.387 e. The smallest absolute Gasteiger partial charge is 0.252 e. The Hall–Kier alpha value is -1.35. The third-order valence-electron chi connectivity index (χ3n) is 2.86. The van der Waals surface area contributed by atoms with E-state index in [0.717, 1.165) is 29.7 Å². The lowest BCUT2D eigenvalue weighted by Gasteiger charge is -2.26. The number of benzene rings is 1. The van der Waals surface area contributed by atoms with Gasteiger partial charge >= 0.3 is 0 Å². The number of carbonyl (C=O) groups is 1. The highest BCUT2D eigenvalue weighted by molar-refractivity contribution is 5.95. The maximum atomic E-state index is 11.8. The van der Waals surface area contributed by atoms with Crippen LogP contribution in [0, 0.1) is 6.92 Å². The summed E-state index contributed by atoms with van der Waals surface area (Å²) in [6, 6.07) is 6.04. The first-order valence-electron chi connectivity index (χ1n) is 6.15. The number of amides is 1. The van der Waals surface area contributed by atoms with Crippen molar-refractivity contribution < 1.29 is 9.90 Å². The Balaban J connectivity index is 3.21. The van der Waals surface area contributed by atoms with Crippen molar-refractivity contribution in [2.24, 2.45) is 0 Å². The Morgan fingerprint density at radius 2 is 2.06 bits per heavy atom. The number of anilines is 1. The first kappa shape index (κ1) is 13.7. The molecule has 17 heavy (non-hydrogen) atoms. The summed E-state index contributed by atoms with van der Waals surface area (Å²) in [5.74, 6) is -0.226. The van der Waals surface area contributed by atoms with Gasteiger partial charge in [-0.15, -0.1) is 0 Å². The summed E-state index contributed by atoms with van der Waals surface area (Å²) in [6.07, 6.45) is 1.76. The Labute approximate surface area is 103 Å². The average Bonchev–Trinajstić information content (AvgIpc) is 2.35. The quantitative estimate of drug-likeness (QED) is 0.850. The number of aliphatic hydroxyl groups is 1. The molecule has 0 spiro atoms. The molecule has 0 aliphatic heterocycles. The Kier molecular flexibility index (Phi) is 5.16. The van der Waals surface area contributed by atoms with Gasteiger partial charge in [0.1, 0.15) is 6.61 Å². The van der Waals surface area contributed by atoms with Crippen LogP contribution < -0.4 is 4.90 Å². The summed E-state index contributed by atoms with van der Waals surface area (Å²) in [5, 5.41) is 9.06. The standard InChI is InChI=1S/C14H21NO2/c1-4-9-15(13(17)10-16)14-11(3)7-6-8-12(14)5-2/h6-8,16H,4-5,9-10H2,1-3H3. The number of rotatable bonds is 5. The summed E-state index contributed by atoms with van der Waals surface area (Å²) in [4.78, 5) is 13.5. The SMILES string of the molecule is CCCN(C(=O)CO)c1c(C)cccc1CC. The minimum absolute atomic E-state index is 0.226. The molecule has 1 N–H and O–H groups in total. The van der Waals surface area contributed by atoms with Crippen LogP contribution >= 0.6 is 0 Å². The van der Waals surface area contributed by atoms with Gasteiger partial charge in [-0.2, -0.15) is 0 Å². The predicted octanol–water partition coefficient (Wildman–Crippen LogP) is 2.29. The molecule has 0 radical (unpaired) electrons. The molecule has 1 aromatic rings. The fourth-order valence-electron chi connectivity index (χ4n) is 2.06. The van der Waals surface area contributed by atoms with Crippen molar-refractivity contribution in [3.8, 4) is 0 Å². The van der Waals surface area contributed by atoms with Gasteiger partial charge in [-0.25, -0.2) is 0 Å². The minimum Gasteiger partial charge on any atom is -0.387 e. The molecule has 1 amide bonds. The van der Waals surface area contributed by atoms with Crippen molar-refractivity contribution in [1.29, 1.82) is 0 Å². The van der Waals surface area contributed by atoms with Crippen molar-refractivity contribution in [3.05, 3.63) is 29.3 Å². The lowest BCUT2D eigenvalue weighted by Crippen LogP contribution is -2.35. The van der Waals surface area contributed by atoms with Crippen LogP contribution in [0.3, 0.4) is 0 Å². The monoisotopic (exact) mass is 235 g/mol. The first-order chi connectivity index (χ1) is 8.15. The van der Waals surface area contributed by atoms with Crippen LogP contribution in [0.4, 0.5) is 5.69 Å². The molecular formula is C14H21NO2. The molecule has 0 atom stereocenters. The highest BCUT2D eigenvalue weighted by Gasteiger charge is 2.18. The zero-order valence-corrected chi connectivity index (χ0v) is 10.9. The number of hydrogen-bond donors (Lipinski definition) is 1. The third kappa shape index (κ3) is 3.07. The molecule has 0 unspecified atom stereocenters. The third-order valence-corrected chi connectivity index (χ3v) is 2.86. The van der Waals surface area contributed by atoms with E-state index >= 15 is 0 Å². The molecule has 0 saturated carbocycles. The average molecular weight is 235 g/mol.